The van der Waals surface area contributed by atoms with Crippen LogP contribution in [0.3, 0.4) is 0 Å². The number of halogens is 1. The molecule has 2 aliphatic rings. The van der Waals surface area contributed by atoms with Gasteiger partial charge in [0.15, 0.2) is 5.78 Å². The van der Waals surface area contributed by atoms with Gasteiger partial charge in [0.2, 0.25) is 0 Å². The average Bonchev–Trinajstić information content (AvgIpc) is 2.62. The molecule has 0 radical (unpaired) electrons. The maximum absolute atomic E-state index is 12.4. The molecule has 0 fully saturated rings. The third-order valence-corrected chi connectivity index (χ3v) is 3.72. The first-order chi connectivity index (χ1) is 9.54. The summed E-state index contributed by atoms with van der Waals surface area (Å²) in [6.07, 6.45) is 6.68. The Morgan fingerprint density at radius 1 is 1.40 bits per heavy atom. The van der Waals surface area contributed by atoms with Crippen LogP contribution in [-0.2, 0) is 19.1 Å². The molecule has 106 valence electrons. The monoisotopic (exact) mass is 294 g/mol. The molecule has 1 unspecified atom stereocenters. The highest BCUT2D eigenvalue weighted by molar-refractivity contribution is 6.39. The maximum Gasteiger partial charge on any atom is 0.375 e. The van der Waals surface area contributed by atoms with E-state index < -0.39 is 17.7 Å². The number of carbonyl (C=O) groups excluding carboxylic acids is 3. The van der Waals surface area contributed by atoms with Crippen LogP contribution in [-0.4, -0.2) is 24.1 Å². The summed E-state index contributed by atoms with van der Waals surface area (Å²) in [5.74, 6) is -2.90. The molecule has 1 atom stereocenters. The summed E-state index contributed by atoms with van der Waals surface area (Å²) in [5.41, 5.74) is 1.47. The molecular formula is C15H15ClO4. The number of hydrogen-bond acceptors (Lipinski definition) is 4. The van der Waals surface area contributed by atoms with Crippen LogP contribution in [0.1, 0.15) is 26.2 Å². The molecule has 20 heavy (non-hydrogen) atoms. The minimum absolute atomic E-state index is 0.124. The number of carbonyl (C=O) groups is 3. The summed E-state index contributed by atoms with van der Waals surface area (Å²) < 4.78 is 4.68. The van der Waals surface area contributed by atoms with E-state index in [2.05, 4.69) is 4.74 Å². The Morgan fingerprint density at radius 2 is 2.15 bits per heavy atom. The van der Waals surface area contributed by atoms with Crippen molar-refractivity contribution in [3.63, 3.8) is 0 Å². The minimum Gasteiger partial charge on any atom is -0.460 e. The highest BCUT2D eigenvalue weighted by atomic mass is 35.5. The summed E-state index contributed by atoms with van der Waals surface area (Å²) in [7, 11) is 0. The number of ketones is 2. The molecule has 0 bridgehead atoms. The fourth-order valence-electron chi connectivity index (χ4n) is 2.40. The van der Waals surface area contributed by atoms with Gasteiger partial charge in [0.1, 0.15) is 0 Å². The lowest BCUT2D eigenvalue weighted by Crippen LogP contribution is -2.34. The highest BCUT2D eigenvalue weighted by Crippen LogP contribution is 2.33. The molecule has 2 rings (SSSR count). The van der Waals surface area contributed by atoms with Crippen LogP contribution < -0.4 is 0 Å². The van der Waals surface area contributed by atoms with E-state index in [1.54, 1.807) is 19.1 Å². The van der Waals surface area contributed by atoms with Crippen molar-refractivity contribution in [3.05, 3.63) is 34.4 Å². The summed E-state index contributed by atoms with van der Waals surface area (Å²) in [6.45, 7) is 1.75. The molecule has 2 aliphatic carbocycles. The number of esters is 1. The molecule has 0 amide bonds. The van der Waals surface area contributed by atoms with Crippen molar-refractivity contribution in [3.8, 4) is 0 Å². The maximum atomic E-state index is 12.4. The SMILES string of the molecule is CCOC(=O)C(=O)C1CCC2=C(C=CC(Cl)=CC2)C1=O. The number of rotatable bonds is 3. The second-order valence-corrected chi connectivity index (χ2v) is 5.12. The number of ether oxygens (including phenoxy) is 1. The molecule has 0 N–H and O–H groups in total. The molecule has 0 spiro atoms. The summed E-state index contributed by atoms with van der Waals surface area (Å²) in [4.78, 5) is 35.8. The third kappa shape index (κ3) is 2.90. The Morgan fingerprint density at radius 3 is 2.85 bits per heavy atom. The van der Waals surface area contributed by atoms with Crippen LogP contribution >= 0.6 is 11.6 Å². The lowest BCUT2D eigenvalue weighted by molar-refractivity contribution is -0.156. The summed E-state index contributed by atoms with van der Waals surface area (Å²) in [6, 6.07) is 0. The largest absolute Gasteiger partial charge is 0.460 e. The molecule has 4 nitrogen and oxygen atoms in total. The molecule has 5 heteroatoms. The van der Waals surface area contributed by atoms with Gasteiger partial charge in [-0.1, -0.05) is 23.3 Å². The van der Waals surface area contributed by atoms with E-state index in [1.165, 1.54) is 0 Å². The predicted octanol–water partition coefficient (Wildman–Crippen LogP) is 2.48. The Kier molecular flexibility index (Phi) is 4.55. The second-order valence-electron chi connectivity index (χ2n) is 4.68. The van der Waals surface area contributed by atoms with Gasteiger partial charge in [-0.2, -0.15) is 0 Å². The van der Waals surface area contributed by atoms with Gasteiger partial charge in [0.25, 0.3) is 5.78 Å². The Hall–Kier alpha value is -1.68. The van der Waals surface area contributed by atoms with Gasteiger partial charge in [-0.15, -0.1) is 0 Å². The molecular weight excluding hydrogens is 280 g/mol. The van der Waals surface area contributed by atoms with Gasteiger partial charge in [0.05, 0.1) is 12.5 Å². The first kappa shape index (κ1) is 14.7. The van der Waals surface area contributed by atoms with Crippen LogP contribution in [0.15, 0.2) is 34.4 Å². The van der Waals surface area contributed by atoms with Gasteiger partial charge < -0.3 is 4.74 Å². The molecule has 0 aliphatic heterocycles. The van der Waals surface area contributed by atoms with Crippen molar-refractivity contribution < 1.29 is 19.1 Å². The van der Waals surface area contributed by atoms with Crippen molar-refractivity contribution in [1.29, 1.82) is 0 Å². The van der Waals surface area contributed by atoms with Crippen LogP contribution in [0, 0.1) is 5.92 Å². The Balaban J connectivity index is 2.21. The van der Waals surface area contributed by atoms with Gasteiger partial charge in [0, 0.05) is 10.6 Å². The zero-order valence-electron chi connectivity index (χ0n) is 11.1. The lowest BCUT2D eigenvalue weighted by atomic mass is 9.79. The van der Waals surface area contributed by atoms with E-state index in [-0.39, 0.29) is 12.4 Å². The second kappa shape index (κ2) is 6.18. The highest BCUT2D eigenvalue weighted by Gasteiger charge is 2.37. The fraction of sp³-hybridized carbons (Fsp3) is 0.400. The number of Topliss-reactive ketones (excluding diaryl/α,β-unsaturated/α-hetero) is 2. The summed E-state index contributed by atoms with van der Waals surface area (Å²) >= 11 is 5.92. The normalized spacial score (nSPS) is 22.0. The zero-order chi connectivity index (χ0) is 14.7. The first-order valence-corrected chi connectivity index (χ1v) is 6.93. The van der Waals surface area contributed by atoms with Gasteiger partial charge in [-0.05, 0) is 38.3 Å². The van der Waals surface area contributed by atoms with E-state index in [9.17, 15) is 14.4 Å². The van der Waals surface area contributed by atoms with Crippen molar-refractivity contribution >= 4 is 29.1 Å². The van der Waals surface area contributed by atoms with E-state index in [1.807, 2.05) is 6.08 Å². The van der Waals surface area contributed by atoms with E-state index >= 15 is 0 Å². The first-order valence-electron chi connectivity index (χ1n) is 6.55. The van der Waals surface area contributed by atoms with E-state index in [0.717, 1.165) is 5.57 Å². The molecule has 0 aromatic heterocycles. The lowest BCUT2D eigenvalue weighted by Gasteiger charge is -2.22. The average molecular weight is 295 g/mol. The fourth-order valence-corrected chi connectivity index (χ4v) is 2.54. The van der Waals surface area contributed by atoms with Crippen LogP contribution in [0.5, 0.6) is 0 Å². The van der Waals surface area contributed by atoms with Crippen molar-refractivity contribution in [2.75, 3.05) is 6.61 Å². The zero-order valence-corrected chi connectivity index (χ0v) is 11.9. The van der Waals surface area contributed by atoms with Crippen LogP contribution in [0.2, 0.25) is 0 Å². The van der Waals surface area contributed by atoms with Gasteiger partial charge >= 0.3 is 5.97 Å². The Bertz CT molecular complexity index is 554. The number of allylic oxidation sites excluding steroid dienone is 6. The topological polar surface area (TPSA) is 60.4 Å². The smallest absolute Gasteiger partial charge is 0.375 e. The van der Waals surface area contributed by atoms with Crippen LogP contribution in [0.25, 0.3) is 0 Å². The molecule has 0 saturated carbocycles. The molecule has 0 heterocycles. The predicted molar refractivity (Wildman–Crippen MR) is 74.1 cm³/mol. The third-order valence-electron chi connectivity index (χ3n) is 3.44. The molecule has 0 saturated heterocycles. The summed E-state index contributed by atoms with van der Waals surface area (Å²) in [5, 5.41) is 0.570. The van der Waals surface area contributed by atoms with E-state index in [4.69, 9.17) is 11.6 Å². The Labute approximate surface area is 122 Å². The molecule has 0 aromatic rings. The van der Waals surface area contributed by atoms with Gasteiger partial charge in [-0.3, -0.25) is 9.59 Å². The minimum atomic E-state index is -0.927. The van der Waals surface area contributed by atoms with Crippen molar-refractivity contribution in [2.24, 2.45) is 5.92 Å². The number of hydrogen-bond donors (Lipinski definition) is 0. The van der Waals surface area contributed by atoms with Crippen molar-refractivity contribution in [2.45, 2.75) is 26.2 Å². The van der Waals surface area contributed by atoms with Gasteiger partial charge in [-0.25, -0.2) is 4.79 Å². The van der Waals surface area contributed by atoms with E-state index in [0.29, 0.717) is 29.9 Å². The molecule has 0 aromatic carbocycles. The van der Waals surface area contributed by atoms with Crippen LogP contribution in [0.4, 0.5) is 0 Å². The quantitative estimate of drug-likeness (QED) is 0.456. The van der Waals surface area contributed by atoms with Crippen molar-refractivity contribution in [1.82, 2.24) is 0 Å². The standard InChI is InChI=1S/C15H15ClO4/c1-2-20-15(19)14(18)12-7-4-9-3-5-10(16)6-8-11(9)13(12)17/h5-6,8,12H,2-4,7H2,1H3.